The van der Waals surface area contributed by atoms with E-state index in [4.69, 9.17) is 30.9 Å². The fourth-order valence-electron chi connectivity index (χ4n) is 3.67. The zero-order chi connectivity index (χ0) is 22.7. The van der Waals surface area contributed by atoms with E-state index >= 15 is 0 Å². The summed E-state index contributed by atoms with van der Waals surface area (Å²) in [5, 5.41) is 9.58. The molecule has 0 bridgehead atoms. The highest BCUT2D eigenvalue weighted by Gasteiger charge is 2.44. The molecule has 1 fully saturated rings. The van der Waals surface area contributed by atoms with E-state index in [0.29, 0.717) is 10.8 Å². The lowest BCUT2D eigenvalue weighted by molar-refractivity contribution is -0.221. The van der Waals surface area contributed by atoms with Crippen LogP contribution in [-0.4, -0.2) is 30.9 Å². The molecule has 32 heavy (non-hydrogen) atoms. The number of benzene rings is 3. The van der Waals surface area contributed by atoms with Gasteiger partial charge < -0.3 is 19.3 Å². The van der Waals surface area contributed by atoms with Gasteiger partial charge in [0, 0.05) is 16.7 Å². The molecule has 0 saturated carbocycles. The Labute approximate surface area is 190 Å². The molecule has 1 N–H and O–H groups in total. The van der Waals surface area contributed by atoms with Crippen LogP contribution in [0.1, 0.15) is 16.7 Å². The van der Waals surface area contributed by atoms with Crippen LogP contribution >= 0.6 is 11.6 Å². The van der Waals surface area contributed by atoms with Crippen molar-refractivity contribution in [3.05, 3.63) is 88.2 Å². The normalized spacial score (nSPS) is 14.6. The summed E-state index contributed by atoms with van der Waals surface area (Å²) in [7, 11) is 0. The van der Waals surface area contributed by atoms with E-state index in [-0.39, 0.29) is 25.4 Å². The van der Waals surface area contributed by atoms with Gasteiger partial charge in [-0.1, -0.05) is 41.9 Å². The Morgan fingerprint density at radius 2 is 1.94 bits per heavy atom. The molecular formula is C25H22ClFO5. The van der Waals surface area contributed by atoms with Crippen LogP contribution in [-0.2, 0) is 26.5 Å². The molecule has 0 aliphatic carbocycles. The van der Waals surface area contributed by atoms with Gasteiger partial charge in [-0.15, -0.1) is 0 Å². The monoisotopic (exact) mass is 456 g/mol. The summed E-state index contributed by atoms with van der Waals surface area (Å²) >= 11 is 6.25. The molecule has 4 rings (SSSR count). The smallest absolute Gasteiger partial charge is 0.329 e. The van der Waals surface area contributed by atoms with Crippen LogP contribution in [0.3, 0.4) is 0 Å². The summed E-state index contributed by atoms with van der Waals surface area (Å²) in [4.78, 5) is 10.8. The van der Waals surface area contributed by atoms with Gasteiger partial charge in [0.1, 0.15) is 30.4 Å². The Morgan fingerprint density at radius 3 is 2.62 bits per heavy atom. The van der Waals surface area contributed by atoms with Gasteiger partial charge in [-0.2, -0.15) is 0 Å². The molecular weight excluding hydrogens is 435 g/mol. The van der Waals surface area contributed by atoms with Crippen molar-refractivity contribution in [3.63, 3.8) is 0 Å². The number of aliphatic carboxylic acids is 1. The first-order valence-electron chi connectivity index (χ1n) is 10.1. The number of hydrogen-bond donors (Lipinski definition) is 1. The minimum Gasteiger partial charge on any atom is -0.489 e. The fourth-order valence-corrected chi connectivity index (χ4v) is 3.85. The third kappa shape index (κ3) is 4.63. The van der Waals surface area contributed by atoms with Gasteiger partial charge in [-0.25, -0.2) is 9.18 Å². The summed E-state index contributed by atoms with van der Waals surface area (Å²) in [6, 6.07) is 18.2. The van der Waals surface area contributed by atoms with Crippen molar-refractivity contribution in [1.82, 2.24) is 0 Å². The van der Waals surface area contributed by atoms with Crippen molar-refractivity contribution in [1.29, 1.82) is 0 Å². The lowest BCUT2D eigenvalue weighted by atomic mass is 9.91. The Hall–Kier alpha value is -2.93. The molecule has 5 nitrogen and oxygen atoms in total. The van der Waals surface area contributed by atoms with Crippen molar-refractivity contribution in [3.8, 4) is 16.9 Å². The third-order valence-electron chi connectivity index (χ3n) is 5.48. The van der Waals surface area contributed by atoms with E-state index in [1.54, 1.807) is 12.1 Å². The van der Waals surface area contributed by atoms with Crippen LogP contribution in [0.4, 0.5) is 4.39 Å². The first kappa shape index (κ1) is 22.3. The molecule has 0 spiro atoms. The molecule has 0 aromatic heterocycles. The van der Waals surface area contributed by atoms with Gasteiger partial charge in [-0.3, -0.25) is 0 Å². The molecule has 1 saturated heterocycles. The first-order valence-corrected chi connectivity index (χ1v) is 10.5. The quantitative estimate of drug-likeness (QED) is 0.494. The highest BCUT2D eigenvalue weighted by molar-refractivity contribution is 6.31. The number of hydrogen-bond acceptors (Lipinski definition) is 4. The molecule has 0 radical (unpaired) electrons. The Morgan fingerprint density at radius 1 is 1.16 bits per heavy atom. The summed E-state index contributed by atoms with van der Waals surface area (Å²) in [5.74, 6) is -1.28. The van der Waals surface area contributed by atoms with Gasteiger partial charge in [0.2, 0.25) is 0 Å². The van der Waals surface area contributed by atoms with E-state index in [1.165, 1.54) is 6.07 Å². The first-order chi connectivity index (χ1) is 15.4. The molecule has 166 valence electrons. The van der Waals surface area contributed by atoms with E-state index in [1.807, 2.05) is 49.4 Å². The van der Waals surface area contributed by atoms with Crippen molar-refractivity contribution < 1.29 is 28.5 Å². The molecule has 7 heteroatoms. The largest absolute Gasteiger partial charge is 0.489 e. The highest BCUT2D eigenvalue weighted by atomic mass is 35.5. The van der Waals surface area contributed by atoms with Crippen molar-refractivity contribution in [2.75, 3.05) is 19.8 Å². The maximum absolute atomic E-state index is 14.8. The number of halogens is 2. The maximum Gasteiger partial charge on any atom is 0.329 e. The van der Waals surface area contributed by atoms with Crippen molar-refractivity contribution in [2.45, 2.75) is 19.1 Å². The number of carboxylic acids is 1. The summed E-state index contributed by atoms with van der Waals surface area (Å²) in [6.45, 7) is 1.92. The molecule has 1 aliphatic heterocycles. The maximum atomic E-state index is 14.8. The Bertz CT molecular complexity index is 1140. The minimum atomic E-state index is -1.12. The van der Waals surface area contributed by atoms with Crippen molar-refractivity contribution in [2.24, 2.45) is 0 Å². The van der Waals surface area contributed by atoms with Crippen LogP contribution in [0.15, 0.2) is 60.7 Å². The molecule has 0 unspecified atom stereocenters. The topological polar surface area (TPSA) is 65.0 Å². The molecule has 1 aliphatic rings. The van der Waals surface area contributed by atoms with Gasteiger partial charge in [0.25, 0.3) is 0 Å². The average Bonchev–Trinajstić information content (AvgIpc) is 2.74. The van der Waals surface area contributed by atoms with Gasteiger partial charge in [-0.05, 0) is 53.4 Å². The van der Waals surface area contributed by atoms with Gasteiger partial charge in [0.05, 0.1) is 13.2 Å². The standard InChI is InChI=1S/C25H22ClFO5/c1-16-20(6-3-7-22(16)26)18-5-2-4-17(10-18)12-31-19-8-9-21(23(27)11-19)25(14-30-15-25)32-13-24(28)29/h2-11H,12-15H2,1H3,(H,28,29). The van der Waals surface area contributed by atoms with Crippen molar-refractivity contribution >= 4 is 17.6 Å². The van der Waals surface area contributed by atoms with Crippen LogP contribution in [0, 0.1) is 12.7 Å². The fraction of sp³-hybridized carbons (Fsp3) is 0.240. The second-order valence-electron chi connectivity index (χ2n) is 7.71. The number of ether oxygens (including phenoxy) is 3. The Balaban J connectivity index is 1.47. The van der Waals surface area contributed by atoms with Gasteiger partial charge in [0.15, 0.2) is 0 Å². The summed E-state index contributed by atoms with van der Waals surface area (Å²) < 4.78 is 31.2. The van der Waals surface area contributed by atoms with Crippen LogP contribution in [0.25, 0.3) is 11.1 Å². The second kappa shape index (κ2) is 9.28. The number of carboxylic acid groups (broad SMARTS) is 1. The van der Waals surface area contributed by atoms with E-state index in [9.17, 15) is 9.18 Å². The summed E-state index contributed by atoms with van der Waals surface area (Å²) in [5.41, 5.74) is 3.18. The molecule has 1 heterocycles. The number of carbonyl (C=O) groups is 1. The predicted octanol–water partition coefficient (Wildman–Crippen LogP) is 5.36. The predicted molar refractivity (Wildman–Crippen MR) is 118 cm³/mol. The second-order valence-corrected chi connectivity index (χ2v) is 8.12. The van der Waals surface area contributed by atoms with Crippen LogP contribution in [0.2, 0.25) is 5.02 Å². The van der Waals surface area contributed by atoms with Gasteiger partial charge >= 0.3 is 5.97 Å². The lowest BCUT2D eigenvalue weighted by Crippen LogP contribution is -2.50. The Kier molecular flexibility index (Phi) is 6.46. The molecule has 3 aromatic rings. The SMILES string of the molecule is Cc1c(Cl)cccc1-c1cccc(COc2ccc(C3(OCC(=O)O)COC3)c(F)c2)c1. The summed E-state index contributed by atoms with van der Waals surface area (Å²) in [6.07, 6.45) is 0. The molecule has 0 atom stereocenters. The third-order valence-corrected chi connectivity index (χ3v) is 5.89. The number of rotatable bonds is 8. The molecule has 3 aromatic carbocycles. The lowest BCUT2D eigenvalue weighted by Gasteiger charge is -2.41. The van der Waals surface area contributed by atoms with E-state index in [0.717, 1.165) is 22.3 Å². The molecule has 0 amide bonds. The minimum absolute atomic E-state index is 0.104. The van der Waals surface area contributed by atoms with E-state index < -0.39 is 24.0 Å². The van der Waals surface area contributed by atoms with E-state index in [2.05, 4.69) is 0 Å². The van der Waals surface area contributed by atoms with Crippen LogP contribution < -0.4 is 4.74 Å². The van der Waals surface area contributed by atoms with Crippen LogP contribution in [0.5, 0.6) is 5.75 Å². The average molecular weight is 457 g/mol. The zero-order valence-electron chi connectivity index (χ0n) is 17.4. The zero-order valence-corrected chi connectivity index (χ0v) is 18.2. The highest BCUT2D eigenvalue weighted by Crippen LogP contribution is 2.36.